The van der Waals surface area contributed by atoms with Crippen molar-refractivity contribution in [1.29, 1.82) is 0 Å². The van der Waals surface area contributed by atoms with Crippen molar-refractivity contribution in [3.63, 3.8) is 0 Å². The third-order valence-corrected chi connectivity index (χ3v) is 4.26. The van der Waals surface area contributed by atoms with Crippen LogP contribution in [-0.4, -0.2) is 33.6 Å². The van der Waals surface area contributed by atoms with Crippen molar-refractivity contribution in [3.8, 4) is 11.5 Å². The molecule has 1 atom stereocenters. The Hall–Kier alpha value is -0.470. The Bertz CT molecular complexity index is 467. The van der Waals surface area contributed by atoms with Gasteiger partial charge < -0.3 is 14.2 Å². The summed E-state index contributed by atoms with van der Waals surface area (Å²) in [4.78, 5) is -0.167. The normalized spacial score (nSPS) is 13.1. The van der Waals surface area contributed by atoms with Crippen LogP contribution in [0.5, 0.6) is 11.5 Å². The molecule has 1 aromatic rings. The lowest BCUT2D eigenvalue weighted by Gasteiger charge is -2.16. The first-order chi connectivity index (χ1) is 9.78. The molecule has 3 nitrogen and oxygen atoms in total. The van der Waals surface area contributed by atoms with Crippen LogP contribution in [0.1, 0.15) is 16.8 Å². The zero-order valence-electron chi connectivity index (χ0n) is 11.5. The zero-order chi connectivity index (χ0) is 16.0. The minimum Gasteiger partial charge on any atom is -0.493 e. The molecule has 0 aromatic heterocycles. The second-order valence-electron chi connectivity index (χ2n) is 4.15. The van der Waals surface area contributed by atoms with Crippen LogP contribution in [0.4, 0.5) is 13.2 Å². The highest BCUT2D eigenvalue weighted by Crippen LogP contribution is 2.39. The van der Waals surface area contributed by atoms with Crippen molar-refractivity contribution >= 4 is 31.9 Å². The minimum absolute atomic E-state index is 0.00376. The van der Waals surface area contributed by atoms with E-state index in [1.807, 2.05) is 0 Å². The number of alkyl halides is 4. The van der Waals surface area contributed by atoms with Crippen LogP contribution in [0.3, 0.4) is 0 Å². The molecule has 1 unspecified atom stereocenters. The van der Waals surface area contributed by atoms with E-state index in [2.05, 4.69) is 36.6 Å². The molecular weight excluding hydrogens is 421 g/mol. The van der Waals surface area contributed by atoms with Crippen molar-refractivity contribution in [3.05, 3.63) is 22.2 Å². The highest BCUT2D eigenvalue weighted by atomic mass is 79.9. The van der Waals surface area contributed by atoms with Gasteiger partial charge in [-0.3, -0.25) is 0 Å². The molecule has 120 valence electrons. The second kappa shape index (κ2) is 8.24. The number of halogens is 5. The topological polar surface area (TPSA) is 27.7 Å². The predicted molar refractivity (Wildman–Crippen MR) is 80.4 cm³/mol. The summed E-state index contributed by atoms with van der Waals surface area (Å²) in [6.07, 6.45) is -3.91. The highest BCUT2D eigenvalue weighted by molar-refractivity contribution is 9.11. The standard InChI is InChI=1S/C13H15Br2F3O3/c1-19-11-5-8(10(15)6-12(11)20-2)9(14)3-4-21-7-13(16,17)18/h5-6,9H,3-4,7H2,1-2H3. The lowest BCUT2D eigenvalue weighted by molar-refractivity contribution is -0.174. The summed E-state index contributed by atoms with van der Waals surface area (Å²) in [6, 6.07) is 3.52. The number of benzene rings is 1. The van der Waals surface area contributed by atoms with Crippen molar-refractivity contribution < 1.29 is 27.4 Å². The van der Waals surface area contributed by atoms with Crippen LogP contribution >= 0.6 is 31.9 Å². The van der Waals surface area contributed by atoms with Crippen LogP contribution in [0.25, 0.3) is 0 Å². The molecule has 0 spiro atoms. The Morgan fingerprint density at radius 1 is 1.14 bits per heavy atom. The van der Waals surface area contributed by atoms with E-state index in [9.17, 15) is 13.2 Å². The second-order valence-corrected chi connectivity index (χ2v) is 6.11. The first kappa shape index (κ1) is 18.6. The van der Waals surface area contributed by atoms with E-state index in [4.69, 9.17) is 9.47 Å². The van der Waals surface area contributed by atoms with Gasteiger partial charge in [0, 0.05) is 15.9 Å². The average Bonchev–Trinajstić information content (AvgIpc) is 2.41. The molecule has 0 saturated heterocycles. The summed E-state index contributed by atoms with van der Waals surface area (Å²) in [5.41, 5.74) is 0.850. The fourth-order valence-corrected chi connectivity index (χ4v) is 3.11. The maximum absolute atomic E-state index is 12.0. The molecular formula is C13H15Br2F3O3. The van der Waals surface area contributed by atoms with E-state index >= 15 is 0 Å². The van der Waals surface area contributed by atoms with Gasteiger partial charge in [0.25, 0.3) is 0 Å². The Morgan fingerprint density at radius 2 is 1.71 bits per heavy atom. The molecule has 1 rings (SSSR count). The molecule has 0 radical (unpaired) electrons. The van der Waals surface area contributed by atoms with Gasteiger partial charge in [-0.25, -0.2) is 0 Å². The summed E-state index contributed by atoms with van der Waals surface area (Å²) in [6.45, 7) is -1.24. The third kappa shape index (κ3) is 6.04. The predicted octanol–water partition coefficient (Wildman–Crippen LogP) is 4.87. The van der Waals surface area contributed by atoms with Crippen molar-refractivity contribution in [1.82, 2.24) is 0 Å². The Labute approximate surface area is 138 Å². The molecule has 0 aliphatic carbocycles. The number of methoxy groups -OCH3 is 2. The van der Waals surface area contributed by atoms with Gasteiger partial charge in [-0.2, -0.15) is 13.2 Å². The van der Waals surface area contributed by atoms with Gasteiger partial charge in [0.05, 0.1) is 14.2 Å². The summed E-state index contributed by atoms with van der Waals surface area (Å²) in [7, 11) is 3.05. The van der Waals surface area contributed by atoms with Gasteiger partial charge in [-0.1, -0.05) is 31.9 Å². The molecule has 0 bridgehead atoms. The van der Waals surface area contributed by atoms with Gasteiger partial charge in [-0.05, 0) is 24.1 Å². The van der Waals surface area contributed by atoms with Crippen molar-refractivity contribution in [2.24, 2.45) is 0 Å². The molecule has 21 heavy (non-hydrogen) atoms. The molecule has 0 saturated carbocycles. The minimum atomic E-state index is -4.30. The maximum atomic E-state index is 12.0. The van der Waals surface area contributed by atoms with Crippen LogP contribution in [0, 0.1) is 0 Å². The quantitative estimate of drug-likeness (QED) is 0.451. The molecule has 0 N–H and O–H groups in total. The van der Waals surface area contributed by atoms with Gasteiger partial charge in [0.2, 0.25) is 0 Å². The van der Waals surface area contributed by atoms with Gasteiger partial charge >= 0.3 is 6.18 Å². The van der Waals surface area contributed by atoms with Crippen LogP contribution in [0.2, 0.25) is 0 Å². The monoisotopic (exact) mass is 434 g/mol. The largest absolute Gasteiger partial charge is 0.493 e. The molecule has 8 heteroatoms. The van der Waals surface area contributed by atoms with Crippen molar-refractivity contribution in [2.75, 3.05) is 27.4 Å². The van der Waals surface area contributed by atoms with E-state index in [0.717, 1.165) is 10.0 Å². The summed E-state index contributed by atoms with van der Waals surface area (Å²) < 4.78 is 51.7. The highest BCUT2D eigenvalue weighted by Gasteiger charge is 2.27. The summed E-state index contributed by atoms with van der Waals surface area (Å²) >= 11 is 6.85. The first-order valence-corrected chi connectivity index (χ1v) is 7.69. The molecule has 0 heterocycles. The van der Waals surface area contributed by atoms with Gasteiger partial charge in [0.15, 0.2) is 11.5 Å². The van der Waals surface area contributed by atoms with E-state index < -0.39 is 12.8 Å². The fourth-order valence-electron chi connectivity index (χ4n) is 1.64. The Balaban J connectivity index is 2.67. The lowest BCUT2D eigenvalue weighted by Crippen LogP contribution is -2.17. The Morgan fingerprint density at radius 3 is 2.24 bits per heavy atom. The average molecular weight is 436 g/mol. The SMILES string of the molecule is COc1cc(Br)c(C(Br)CCOCC(F)(F)F)cc1OC. The van der Waals surface area contributed by atoms with E-state index in [1.165, 1.54) is 14.2 Å². The fraction of sp³-hybridized carbons (Fsp3) is 0.538. The van der Waals surface area contributed by atoms with Gasteiger partial charge in [0.1, 0.15) is 6.61 Å². The van der Waals surface area contributed by atoms with Crippen molar-refractivity contribution in [2.45, 2.75) is 17.4 Å². The zero-order valence-corrected chi connectivity index (χ0v) is 14.6. The summed E-state index contributed by atoms with van der Waals surface area (Å²) in [5, 5.41) is 0. The molecule has 0 amide bonds. The third-order valence-electron chi connectivity index (χ3n) is 2.62. The molecule has 0 aliphatic rings. The molecule has 0 fully saturated rings. The van der Waals surface area contributed by atoms with E-state index in [0.29, 0.717) is 17.9 Å². The van der Waals surface area contributed by atoms with Gasteiger partial charge in [-0.15, -0.1) is 0 Å². The first-order valence-electron chi connectivity index (χ1n) is 5.98. The van der Waals surface area contributed by atoms with Crippen LogP contribution in [0.15, 0.2) is 16.6 Å². The van der Waals surface area contributed by atoms with E-state index in [1.54, 1.807) is 12.1 Å². The molecule has 1 aromatic carbocycles. The smallest absolute Gasteiger partial charge is 0.411 e. The maximum Gasteiger partial charge on any atom is 0.411 e. The summed E-state index contributed by atoms with van der Waals surface area (Å²) in [5.74, 6) is 1.12. The number of hydrogen-bond donors (Lipinski definition) is 0. The Kier molecular flexibility index (Phi) is 7.29. The van der Waals surface area contributed by atoms with E-state index in [-0.39, 0.29) is 11.4 Å². The van der Waals surface area contributed by atoms with Crippen LogP contribution in [-0.2, 0) is 4.74 Å². The number of hydrogen-bond acceptors (Lipinski definition) is 3. The lowest BCUT2D eigenvalue weighted by atomic mass is 10.1. The molecule has 0 aliphatic heterocycles. The number of rotatable bonds is 7. The number of ether oxygens (including phenoxy) is 3. The van der Waals surface area contributed by atoms with Crippen LogP contribution < -0.4 is 9.47 Å².